The molecule has 0 unspecified atom stereocenters. The van der Waals surface area contributed by atoms with Crippen LogP contribution in [0.1, 0.15) is 16.1 Å². The van der Waals surface area contributed by atoms with Gasteiger partial charge in [0.2, 0.25) is 0 Å². The molecule has 3 aromatic rings. The summed E-state index contributed by atoms with van der Waals surface area (Å²) in [7, 11) is 3.99. The number of hydrogen-bond donors (Lipinski definition) is 0. The lowest BCUT2D eigenvalue weighted by molar-refractivity contribution is 0.0990. The summed E-state index contributed by atoms with van der Waals surface area (Å²) in [5.74, 6) is -0.464. The summed E-state index contributed by atoms with van der Waals surface area (Å²) in [4.78, 5) is 21.7. The number of fused-ring (bicyclic) bond motifs is 1. The van der Waals surface area contributed by atoms with Crippen LogP contribution in [-0.4, -0.2) is 43.0 Å². The van der Waals surface area contributed by atoms with Gasteiger partial charge in [0.25, 0.3) is 5.91 Å². The standard InChI is InChI=1S/C17H17BrFN3OS2/c1-21(2)9-4-10-22(16(23)13-7-8-14(18)24-13)17-20-15-11(19)5-3-6-12(15)25-17/h3,5-8H,4,9-10H2,1-2H3. The van der Waals surface area contributed by atoms with E-state index < -0.39 is 0 Å². The molecule has 1 amide bonds. The Bertz CT molecular complexity index is 893. The molecule has 0 N–H and O–H groups in total. The van der Waals surface area contributed by atoms with E-state index in [9.17, 15) is 9.18 Å². The number of nitrogens with zero attached hydrogens (tertiary/aromatic N) is 3. The Labute approximate surface area is 162 Å². The number of rotatable bonds is 6. The summed E-state index contributed by atoms with van der Waals surface area (Å²) in [5.41, 5.74) is 0.320. The number of carbonyl (C=O) groups is 1. The number of para-hydroxylation sites is 1. The highest BCUT2D eigenvalue weighted by molar-refractivity contribution is 9.11. The molecule has 8 heteroatoms. The van der Waals surface area contributed by atoms with E-state index in [1.54, 1.807) is 17.0 Å². The van der Waals surface area contributed by atoms with Crippen molar-refractivity contribution in [2.45, 2.75) is 6.42 Å². The molecule has 4 nitrogen and oxygen atoms in total. The molecule has 2 aromatic heterocycles. The fourth-order valence-electron chi connectivity index (χ4n) is 2.41. The molecule has 2 heterocycles. The molecular weight excluding hydrogens is 425 g/mol. The van der Waals surface area contributed by atoms with Gasteiger partial charge in [0.1, 0.15) is 11.3 Å². The molecule has 0 radical (unpaired) electrons. The normalized spacial score (nSPS) is 11.4. The minimum absolute atomic E-state index is 0.103. The molecule has 0 aliphatic rings. The Balaban J connectivity index is 1.93. The zero-order valence-electron chi connectivity index (χ0n) is 13.8. The lowest BCUT2D eigenvalue weighted by atomic mass is 10.3. The van der Waals surface area contributed by atoms with Gasteiger partial charge in [0.05, 0.1) is 13.4 Å². The van der Waals surface area contributed by atoms with E-state index >= 15 is 0 Å². The van der Waals surface area contributed by atoms with Crippen molar-refractivity contribution in [1.29, 1.82) is 0 Å². The third kappa shape index (κ3) is 4.25. The second-order valence-electron chi connectivity index (χ2n) is 5.80. The maximum atomic E-state index is 14.0. The summed E-state index contributed by atoms with van der Waals surface area (Å²) < 4.78 is 15.6. The van der Waals surface area contributed by atoms with Crippen LogP contribution in [0, 0.1) is 5.82 Å². The van der Waals surface area contributed by atoms with E-state index in [-0.39, 0.29) is 11.7 Å². The Morgan fingerprint density at radius 3 is 2.64 bits per heavy atom. The van der Waals surface area contributed by atoms with E-state index in [0.717, 1.165) is 21.5 Å². The lowest BCUT2D eigenvalue weighted by Crippen LogP contribution is -2.32. The van der Waals surface area contributed by atoms with Crippen molar-refractivity contribution in [3.63, 3.8) is 0 Å². The number of anilines is 1. The topological polar surface area (TPSA) is 36.4 Å². The predicted molar refractivity (Wildman–Crippen MR) is 106 cm³/mol. The molecule has 0 saturated heterocycles. The van der Waals surface area contributed by atoms with Crippen LogP contribution < -0.4 is 4.90 Å². The molecule has 0 spiro atoms. The Hall–Kier alpha value is -1.35. The van der Waals surface area contributed by atoms with Gasteiger partial charge in [-0.25, -0.2) is 9.37 Å². The Kier molecular flexibility index (Phi) is 5.83. The molecule has 0 aliphatic heterocycles. The van der Waals surface area contributed by atoms with E-state index in [4.69, 9.17) is 0 Å². The number of thiazole rings is 1. The van der Waals surface area contributed by atoms with Crippen LogP contribution >= 0.6 is 38.6 Å². The number of thiophene rings is 1. The second kappa shape index (κ2) is 7.90. The minimum Gasteiger partial charge on any atom is -0.309 e. The molecule has 0 saturated carbocycles. The van der Waals surface area contributed by atoms with Gasteiger partial charge in [0.15, 0.2) is 5.13 Å². The van der Waals surface area contributed by atoms with Gasteiger partial charge < -0.3 is 4.90 Å². The number of hydrogen-bond acceptors (Lipinski definition) is 5. The molecule has 3 rings (SSSR count). The van der Waals surface area contributed by atoms with Crippen molar-refractivity contribution in [1.82, 2.24) is 9.88 Å². The molecule has 0 aliphatic carbocycles. The zero-order valence-corrected chi connectivity index (χ0v) is 17.0. The predicted octanol–water partition coefficient (Wildman–Crippen LogP) is 4.86. The Morgan fingerprint density at radius 1 is 1.20 bits per heavy atom. The molecule has 132 valence electrons. The maximum Gasteiger partial charge on any atom is 0.270 e. The average molecular weight is 442 g/mol. The molecular formula is C17H17BrFN3OS2. The number of aromatic nitrogens is 1. The highest BCUT2D eigenvalue weighted by atomic mass is 79.9. The molecule has 0 atom stereocenters. The summed E-state index contributed by atoms with van der Waals surface area (Å²) in [5, 5.41) is 0.536. The summed E-state index contributed by atoms with van der Waals surface area (Å²) in [6.45, 7) is 1.39. The first-order valence-electron chi connectivity index (χ1n) is 7.72. The van der Waals surface area contributed by atoms with E-state index in [2.05, 4.69) is 25.8 Å². The van der Waals surface area contributed by atoms with E-state index in [0.29, 0.717) is 22.1 Å². The van der Waals surface area contributed by atoms with E-state index in [1.807, 2.05) is 26.2 Å². The number of amides is 1. The van der Waals surface area contributed by atoms with Crippen LogP contribution in [0.15, 0.2) is 34.1 Å². The minimum atomic E-state index is -0.362. The highest BCUT2D eigenvalue weighted by Gasteiger charge is 2.23. The summed E-state index contributed by atoms with van der Waals surface area (Å²) in [6, 6.07) is 8.52. The van der Waals surface area contributed by atoms with Gasteiger partial charge in [-0.15, -0.1) is 11.3 Å². The van der Waals surface area contributed by atoms with Crippen molar-refractivity contribution in [2.75, 3.05) is 32.1 Å². The van der Waals surface area contributed by atoms with Gasteiger partial charge in [-0.05, 0) is 67.3 Å². The third-order valence-electron chi connectivity index (χ3n) is 3.61. The van der Waals surface area contributed by atoms with Gasteiger partial charge in [-0.2, -0.15) is 0 Å². The van der Waals surface area contributed by atoms with E-state index in [1.165, 1.54) is 28.7 Å². The smallest absolute Gasteiger partial charge is 0.270 e. The average Bonchev–Trinajstić information content (AvgIpc) is 3.18. The monoisotopic (exact) mass is 441 g/mol. The first-order chi connectivity index (χ1) is 12.0. The van der Waals surface area contributed by atoms with Crippen molar-refractivity contribution >= 4 is 59.9 Å². The molecule has 25 heavy (non-hydrogen) atoms. The van der Waals surface area contributed by atoms with Crippen molar-refractivity contribution in [3.8, 4) is 0 Å². The molecule has 0 bridgehead atoms. The van der Waals surface area contributed by atoms with Crippen LogP contribution in [0.25, 0.3) is 10.2 Å². The van der Waals surface area contributed by atoms with Gasteiger partial charge in [-0.1, -0.05) is 17.4 Å². The first-order valence-corrected chi connectivity index (χ1v) is 10.2. The number of halogens is 2. The van der Waals surface area contributed by atoms with Crippen molar-refractivity contribution < 1.29 is 9.18 Å². The van der Waals surface area contributed by atoms with Gasteiger partial charge in [-0.3, -0.25) is 9.69 Å². The maximum absolute atomic E-state index is 14.0. The quantitative estimate of drug-likeness (QED) is 0.547. The summed E-state index contributed by atoms with van der Waals surface area (Å²) >= 11 is 6.12. The molecule has 1 aromatic carbocycles. The van der Waals surface area contributed by atoms with Crippen LogP contribution in [-0.2, 0) is 0 Å². The highest BCUT2D eigenvalue weighted by Crippen LogP contribution is 2.32. The van der Waals surface area contributed by atoms with Gasteiger partial charge in [0, 0.05) is 6.54 Å². The third-order valence-corrected chi connectivity index (χ3v) is 6.26. The fraction of sp³-hybridized carbons (Fsp3) is 0.294. The van der Waals surface area contributed by atoms with Crippen LogP contribution in [0.4, 0.5) is 9.52 Å². The van der Waals surface area contributed by atoms with Crippen LogP contribution in [0.3, 0.4) is 0 Å². The zero-order chi connectivity index (χ0) is 18.0. The van der Waals surface area contributed by atoms with Crippen molar-refractivity contribution in [2.24, 2.45) is 0 Å². The first kappa shape index (κ1) is 18.4. The van der Waals surface area contributed by atoms with Crippen LogP contribution in [0.5, 0.6) is 0 Å². The lowest BCUT2D eigenvalue weighted by Gasteiger charge is -2.20. The van der Waals surface area contributed by atoms with Crippen molar-refractivity contribution in [3.05, 3.63) is 44.8 Å². The number of benzene rings is 1. The SMILES string of the molecule is CN(C)CCCN(C(=O)c1ccc(Br)s1)c1nc2c(F)cccc2s1. The second-order valence-corrected chi connectivity index (χ2v) is 9.27. The largest absolute Gasteiger partial charge is 0.309 e. The fourth-order valence-corrected chi connectivity index (χ4v) is 4.75. The molecule has 0 fully saturated rings. The van der Waals surface area contributed by atoms with Crippen LogP contribution in [0.2, 0.25) is 0 Å². The Morgan fingerprint density at radius 2 is 2.00 bits per heavy atom. The van der Waals surface area contributed by atoms with Gasteiger partial charge >= 0.3 is 0 Å². The summed E-state index contributed by atoms with van der Waals surface area (Å²) in [6.07, 6.45) is 0.809. The number of carbonyl (C=O) groups excluding carboxylic acids is 1.